The van der Waals surface area contributed by atoms with Gasteiger partial charge in [0, 0.05) is 0 Å². The fraction of sp³-hybridized carbons (Fsp3) is 0.0769. The molecular formula is C13H7F5O. The van der Waals surface area contributed by atoms with Crippen LogP contribution in [0, 0.1) is 11.6 Å². The quantitative estimate of drug-likeness (QED) is 0.766. The molecular weight excluding hydrogens is 267 g/mol. The molecule has 0 aliphatic carbocycles. The third-order valence-corrected chi connectivity index (χ3v) is 2.57. The summed E-state index contributed by atoms with van der Waals surface area (Å²) in [6.07, 6.45) is -4.52. The Morgan fingerprint density at radius 2 is 1.42 bits per heavy atom. The van der Waals surface area contributed by atoms with E-state index in [4.69, 9.17) is 5.11 Å². The Bertz CT molecular complexity index is 602. The molecule has 1 nitrogen and oxygen atoms in total. The second kappa shape index (κ2) is 4.53. The van der Waals surface area contributed by atoms with E-state index in [1.165, 1.54) is 0 Å². The molecule has 0 fully saturated rings. The van der Waals surface area contributed by atoms with E-state index in [-0.39, 0.29) is 5.56 Å². The molecule has 0 bridgehead atoms. The lowest BCUT2D eigenvalue weighted by atomic mass is 10.0. The van der Waals surface area contributed by atoms with Crippen LogP contribution in [0.15, 0.2) is 36.4 Å². The minimum absolute atomic E-state index is 0.0844. The number of hydrogen-bond donors (Lipinski definition) is 1. The molecule has 0 heterocycles. The summed E-state index contributed by atoms with van der Waals surface area (Å²) in [5.41, 5.74) is -1.56. The van der Waals surface area contributed by atoms with Gasteiger partial charge in [-0.3, -0.25) is 0 Å². The molecule has 0 aliphatic rings. The summed E-state index contributed by atoms with van der Waals surface area (Å²) in [4.78, 5) is 0. The Balaban J connectivity index is 2.52. The second-order valence-corrected chi connectivity index (χ2v) is 3.83. The molecule has 0 unspecified atom stereocenters. The third kappa shape index (κ3) is 2.52. The van der Waals surface area contributed by atoms with E-state index in [2.05, 4.69) is 0 Å². The van der Waals surface area contributed by atoms with E-state index in [0.717, 1.165) is 36.4 Å². The first kappa shape index (κ1) is 13.3. The van der Waals surface area contributed by atoms with Crippen molar-refractivity contribution < 1.29 is 27.1 Å². The lowest BCUT2D eigenvalue weighted by Gasteiger charge is -2.09. The van der Waals surface area contributed by atoms with Gasteiger partial charge in [0.2, 0.25) is 0 Å². The van der Waals surface area contributed by atoms with Crippen LogP contribution < -0.4 is 0 Å². The lowest BCUT2D eigenvalue weighted by molar-refractivity contribution is -0.137. The van der Waals surface area contributed by atoms with Crippen molar-refractivity contribution in [3.8, 4) is 16.9 Å². The maximum atomic E-state index is 13.6. The summed E-state index contributed by atoms with van der Waals surface area (Å²) in [5, 5.41) is 9.15. The molecule has 0 spiro atoms. The van der Waals surface area contributed by atoms with Gasteiger partial charge in [-0.25, -0.2) is 8.78 Å². The molecule has 19 heavy (non-hydrogen) atoms. The Hall–Kier alpha value is -2.11. The van der Waals surface area contributed by atoms with Gasteiger partial charge in [-0.15, -0.1) is 0 Å². The predicted octanol–water partition coefficient (Wildman–Crippen LogP) is 4.36. The van der Waals surface area contributed by atoms with Gasteiger partial charge in [0.05, 0.1) is 11.1 Å². The molecule has 0 atom stereocenters. The monoisotopic (exact) mass is 274 g/mol. The van der Waals surface area contributed by atoms with Gasteiger partial charge in [-0.1, -0.05) is 12.1 Å². The van der Waals surface area contributed by atoms with Crippen LogP contribution in [0.1, 0.15) is 5.56 Å². The number of phenolic OH excluding ortho intramolecular Hbond substituents is 1. The van der Waals surface area contributed by atoms with Gasteiger partial charge in [0.1, 0.15) is 5.82 Å². The lowest BCUT2D eigenvalue weighted by Crippen LogP contribution is -2.04. The average molecular weight is 274 g/mol. The van der Waals surface area contributed by atoms with Gasteiger partial charge in [-0.2, -0.15) is 13.2 Å². The highest BCUT2D eigenvalue weighted by atomic mass is 19.4. The molecule has 2 rings (SSSR count). The SMILES string of the molecule is Oc1ccc(F)c(-c2ccc(C(F)(F)F)cc2)c1F. The number of alkyl halides is 3. The van der Waals surface area contributed by atoms with Crippen molar-refractivity contribution in [2.75, 3.05) is 0 Å². The van der Waals surface area contributed by atoms with Crippen LogP contribution in [0.25, 0.3) is 11.1 Å². The van der Waals surface area contributed by atoms with Crippen molar-refractivity contribution in [2.24, 2.45) is 0 Å². The van der Waals surface area contributed by atoms with Gasteiger partial charge in [0.25, 0.3) is 0 Å². The second-order valence-electron chi connectivity index (χ2n) is 3.83. The summed E-state index contributed by atoms with van der Waals surface area (Å²) in [6, 6.07) is 5.01. The molecule has 1 N–H and O–H groups in total. The summed E-state index contributed by atoms with van der Waals surface area (Å²) < 4.78 is 64.1. The van der Waals surface area contributed by atoms with Crippen LogP contribution in [0.3, 0.4) is 0 Å². The third-order valence-electron chi connectivity index (χ3n) is 2.57. The Morgan fingerprint density at radius 3 is 1.95 bits per heavy atom. The summed E-state index contributed by atoms with van der Waals surface area (Å²) in [5.74, 6) is -2.94. The van der Waals surface area contributed by atoms with Crippen molar-refractivity contribution in [1.29, 1.82) is 0 Å². The van der Waals surface area contributed by atoms with Crippen LogP contribution >= 0.6 is 0 Å². The zero-order valence-electron chi connectivity index (χ0n) is 9.30. The first-order chi connectivity index (χ1) is 8.80. The molecule has 2 aromatic rings. The predicted molar refractivity (Wildman–Crippen MR) is 58.5 cm³/mol. The number of hydrogen-bond acceptors (Lipinski definition) is 1. The van der Waals surface area contributed by atoms with Crippen molar-refractivity contribution in [1.82, 2.24) is 0 Å². The highest BCUT2D eigenvalue weighted by Crippen LogP contribution is 2.34. The number of halogens is 5. The van der Waals surface area contributed by atoms with Crippen molar-refractivity contribution in [3.63, 3.8) is 0 Å². The van der Waals surface area contributed by atoms with Crippen LogP contribution in [0.2, 0.25) is 0 Å². The van der Waals surface area contributed by atoms with Crippen molar-refractivity contribution >= 4 is 0 Å². The smallest absolute Gasteiger partial charge is 0.416 e. The maximum Gasteiger partial charge on any atom is 0.416 e. The van der Waals surface area contributed by atoms with Gasteiger partial charge >= 0.3 is 6.18 Å². The average Bonchev–Trinajstić information content (AvgIpc) is 2.34. The standard InChI is InChI=1S/C13H7F5O/c14-9-5-6-10(19)12(15)11(9)7-1-3-8(4-2-7)13(16,17)18/h1-6,19H. The highest BCUT2D eigenvalue weighted by Gasteiger charge is 2.30. The zero-order valence-corrected chi connectivity index (χ0v) is 9.30. The van der Waals surface area contributed by atoms with E-state index in [1.807, 2.05) is 0 Å². The van der Waals surface area contributed by atoms with Crippen LogP contribution in [0.4, 0.5) is 22.0 Å². The van der Waals surface area contributed by atoms with Crippen LogP contribution in [0.5, 0.6) is 5.75 Å². The number of aromatic hydroxyl groups is 1. The number of rotatable bonds is 1. The molecule has 0 amide bonds. The first-order valence-corrected chi connectivity index (χ1v) is 5.15. The fourth-order valence-corrected chi connectivity index (χ4v) is 1.63. The van der Waals surface area contributed by atoms with E-state index < -0.39 is 34.7 Å². The Labute approximate surface area is 104 Å². The van der Waals surface area contributed by atoms with E-state index in [1.54, 1.807) is 0 Å². The van der Waals surface area contributed by atoms with Crippen LogP contribution in [-0.2, 0) is 6.18 Å². The van der Waals surface area contributed by atoms with Gasteiger partial charge in [-0.05, 0) is 29.8 Å². The molecule has 0 aromatic heterocycles. The minimum atomic E-state index is -4.52. The summed E-state index contributed by atoms with van der Waals surface area (Å²) in [7, 11) is 0. The topological polar surface area (TPSA) is 20.2 Å². The maximum absolute atomic E-state index is 13.6. The molecule has 0 saturated carbocycles. The van der Waals surface area contributed by atoms with E-state index in [0.29, 0.717) is 0 Å². The van der Waals surface area contributed by atoms with E-state index in [9.17, 15) is 22.0 Å². The molecule has 0 saturated heterocycles. The first-order valence-electron chi connectivity index (χ1n) is 5.15. The molecule has 100 valence electrons. The summed E-state index contributed by atoms with van der Waals surface area (Å²) in [6.45, 7) is 0. The van der Waals surface area contributed by atoms with Crippen molar-refractivity contribution in [2.45, 2.75) is 6.18 Å². The van der Waals surface area contributed by atoms with Gasteiger partial charge in [0.15, 0.2) is 11.6 Å². The minimum Gasteiger partial charge on any atom is -0.505 e. The largest absolute Gasteiger partial charge is 0.505 e. The molecule has 0 radical (unpaired) electrons. The van der Waals surface area contributed by atoms with Crippen molar-refractivity contribution in [3.05, 3.63) is 53.6 Å². The van der Waals surface area contributed by atoms with E-state index >= 15 is 0 Å². The van der Waals surface area contributed by atoms with Crippen LogP contribution in [-0.4, -0.2) is 5.11 Å². The summed E-state index contributed by atoms with van der Waals surface area (Å²) >= 11 is 0. The molecule has 6 heteroatoms. The normalized spacial score (nSPS) is 11.6. The zero-order chi connectivity index (χ0) is 14.2. The highest BCUT2D eigenvalue weighted by molar-refractivity contribution is 5.67. The Kier molecular flexibility index (Phi) is 3.18. The number of benzene rings is 2. The fourth-order valence-electron chi connectivity index (χ4n) is 1.63. The van der Waals surface area contributed by atoms with Gasteiger partial charge < -0.3 is 5.11 Å². The molecule has 2 aromatic carbocycles. The number of phenols is 1. The molecule has 0 aliphatic heterocycles. The Morgan fingerprint density at radius 1 is 0.842 bits per heavy atom.